The predicted octanol–water partition coefficient (Wildman–Crippen LogP) is 3.51. The van der Waals surface area contributed by atoms with E-state index < -0.39 is 12.3 Å². The van der Waals surface area contributed by atoms with Crippen molar-refractivity contribution in [3.63, 3.8) is 0 Å². The fraction of sp³-hybridized carbons (Fsp3) is 0.150. The highest BCUT2D eigenvalue weighted by Gasteiger charge is 2.03. The Labute approximate surface area is 141 Å². The number of aliphatic hydroxyl groups excluding tert-OH is 1. The van der Waals surface area contributed by atoms with Crippen LogP contribution in [0, 0.1) is 0 Å². The number of hydrogen-bond acceptors (Lipinski definition) is 4. The van der Waals surface area contributed by atoms with Gasteiger partial charge in [-0.25, -0.2) is 4.79 Å². The minimum atomic E-state index is -1.01. The minimum absolute atomic E-state index is 0.335. The maximum Gasteiger partial charge on any atom is 0.330 e. The zero-order valence-corrected chi connectivity index (χ0v) is 13.4. The van der Waals surface area contributed by atoms with Crippen LogP contribution in [0.15, 0.2) is 73.8 Å². The van der Waals surface area contributed by atoms with Crippen molar-refractivity contribution >= 4 is 5.97 Å². The zero-order chi connectivity index (χ0) is 17.4. The van der Waals surface area contributed by atoms with Gasteiger partial charge in [-0.05, 0) is 34.9 Å². The smallest absolute Gasteiger partial charge is 0.330 e. The summed E-state index contributed by atoms with van der Waals surface area (Å²) in [4.78, 5) is 11.0. The van der Waals surface area contributed by atoms with E-state index in [9.17, 15) is 9.90 Å². The molecule has 0 amide bonds. The summed E-state index contributed by atoms with van der Waals surface area (Å²) in [5.74, 6) is 0.169. The summed E-state index contributed by atoms with van der Waals surface area (Å²) in [6, 6.07) is 15.5. The van der Waals surface area contributed by atoms with Crippen LogP contribution in [0.3, 0.4) is 0 Å². The normalized spacial score (nSPS) is 11.4. The Bertz CT molecular complexity index is 687. The van der Waals surface area contributed by atoms with Gasteiger partial charge in [-0.3, -0.25) is 0 Å². The number of esters is 1. The molecule has 1 atom stereocenters. The summed E-state index contributed by atoms with van der Waals surface area (Å²) in [7, 11) is 0. The number of benzene rings is 2. The topological polar surface area (TPSA) is 55.8 Å². The minimum Gasteiger partial charge on any atom is -0.462 e. The largest absolute Gasteiger partial charge is 0.462 e. The Kier molecular flexibility index (Phi) is 6.34. The molecule has 0 fully saturated rings. The molecule has 0 aliphatic rings. The van der Waals surface area contributed by atoms with Crippen LogP contribution in [-0.2, 0) is 16.0 Å². The van der Waals surface area contributed by atoms with E-state index in [0.717, 1.165) is 22.8 Å². The lowest BCUT2D eigenvalue weighted by molar-refractivity contribution is -0.137. The molecule has 0 aromatic heterocycles. The third-order valence-corrected chi connectivity index (χ3v) is 3.40. The molecule has 0 saturated heterocycles. The molecule has 0 heterocycles. The van der Waals surface area contributed by atoms with Crippen molar-refractivity contribution in [2.45, 2.75) is 12.7 Å². The fourth-order valence-corrected chi connectivity index (χ4v) is 2.11. The van der Waals surface area contributed by atoms with Crippen LogP contribution in [0.1, 0.15) is 5.56 Å². The molecule has 0 spiro atoms. The van der Waals surface area contributed by atoms with Gasteiger partial charge in [0, 0.05) is 12.5 Å². The Morgan fingerprint density at radius 3 is 2.17 bits per heavy atom. The molecular weight excluding hydrogens is 304 g/mol. The SMILES string of the molecule is C=CC(=O)OCCc1ccc(-c2ccc(OC(O)C=C)cc2)cc1. The van der Waals surface area contributed by atoms with Crippen molar-refractivity contribution in [3.8, 4) is 16.9 Å². The first kappa shape index (κ1) is 17.5. The van der Waals surface area contributed by atoms with Gasteiger partial charge in [0.1, 0.15) is 5.75 Å². The summed E-state index contributed by atoms with van der Waals surface area (Å²) >= 11 is 0. The highest BCUT2D eigenvalue weighted by molar-refractivity contribution is 5.81. The lowest BCUT2D eigenvalue weighted by Gasteiger charge is -2.10. The van der Waals surface area contributed by atoms with E-state index in [1.54, 1.807) is 12.1 Å². The van der Waals surface area contributed by atoms with Crippen molar-refractivity contribution in [2.75, 3.05) is 6.61 Å². The molecule has 124 valence electrons. The molecule has 4 nitrogen and oxygen atoms in total. The lowest BCUT2D eigenvalue weighted by Crippen LogP contribution is -2.10. The summed E-state index contributed by atoms with van der Waals surface area (Å²) in [5, 5.41) is 9.37. The third kappa shape index (κ3) is 5.11. The molecule has 2 aromatic rings. The molecule has 0 radical (unpaired) electrons. The molecule has 4 heteroatoms. The van der Waals surface area contributed by atoms with Crippen LogP contribution < -0.4 is 4.74 Å². The molecule has 1 unspecified atom stereocenters. The van der Waals surface area contributed by atoms with Gasteiger partial charge in [0.15, 0.2) is 0 Å². The molecule has 0 bridgehead atoms. The van der Waals surface area contributed by atoms with E-state index in [4.69, 9.17) is 9.47 Å². The number of ether oxygens (including phenoxy) is 2. The molecule has 0 aliphatic carbocycles. The van der Waals surface area contributed by atoms with Crippen molar-refractivity contribution in [1.82, 2.24) is 0 Å². The van der Waals surface area contributed by atoms with Crippen LogP contribution >= 0.6 is 0 Å². The second kappa shape index (κ2) is 8.70. The van der Waals surface area contributed by atoms with Gasteiger partial charge in [-0.15, -0.1) is 0 Å². The van der Waals surface area contributed by atoms with Gasteiger partial charge >= 0.3 is 5.97 Å². The van der Waals surface area contributed by atoms with Crippen LogP contribution in [0.5, 0.6) is 5.75 Å². The first-order chi connectivity index (χ1) is 11.6. The Morgan fingerprint density at radius 2 is 1.62 bits per heavy atom. The van der Waals surface area contributed by atoms with Gasteiger partial charge in [0.05, 0.1) is 6.61 Å². The summed E-state index contributed by atoms with van der Waals surface area (Å²) in [5.41, 5.74) is 3.20. The van der Waals surface area contributed by atoms with Crippen LogP contribution in [0.4, 0.5) is 0 Å². The van der Waals surface area contributed by atoms with Gasteiger partial charge in [0.2, 0.25) is 6.29 Å². The predicted molar refractivity (Wildman–Crippen MR) is 93.6 cm³/mol. The van der Waals surface area contributed by atoms with Crippen molar-refractivity contribution in [2.24, 2.45) is 0 Å². The van der Waals surface area contributed by atoms with E-state index in [0.29, 0.717) is 18.8 Å². The maximum absolute atomic E-state index is 11.0. The fourth-order valence-electron chi connectivity index (χ4n) is 2.11. The maximum atomic E-state index is 11.0. The van der Waals surface area contributed by atoms with Gasteiger partial charge in [-0.1, -0.05) is 49.6 Å². The average Bonchev–Trinajstić information content (AvgIpc) is 2.62. The first-order valence-corrected chi connectivity index (χ1v) is 7.58. The number of rotatable bonds is 8. The lowest BCUT2D eigenvalue weighted by atomic mass is 10.0. The van der Waals surface area contributed by atoms with E-state index in [1.165, 1.54) is 6.08 Å². The van der Waals surface area contributed by atoms with Crippen molar-refractivity contribution in [3.05, 3.63) is 79.4 Å². The first-order valence-electron chi connectivity index (χ1n) is 7.58. The van der Waals surface area contributed by atoms with Crippen molar-refractivity contribution < 1.29 is 19.4 Å². The Morgan fingerprint density at radius 1 is 1.04 bits per heavy atom. The summed E-state index contributed by atoms with van der Waals surface area (Å²) in [6.45, 7) is 7.15. The second-order valence-corrected chi connectivity index (χ2v) is 5.09. The number of carbonyl (C=O) groups excluding carboxylic acids is 1. The second-order valence-electron chi connectivity index (χ2n) is 5.09. The van der Waals surface area contributed by atoms with E-state index in [2.05, 4.69) is 13.2 Å². The van der Waals surface area contributed by atoms with Crippen LogP contribution in [-0.4, -0.2) is 24.0 Å². The average molecular weight is 324 g/mol. The highest BCUT2D eigenvalue weighted by Crippen LogP contribution is 2.23. The van der Waals surface area contributed by atoms with Gasteiger partial charge in [0.25, 0.3) is 0 Å². The van der Waals surface area contributed by atoms with Crippen LogP contribution in [0.2, 0.25) is 0 Å². The standard InChI is InChI=1S/C20H20O4/c1-3-19(21)23-14-13-15-5-7-16(8-6-15)17-9-11-18(12-10-17)24-20(22)4-2/h3-12,20,22H,1-2,13-14H2. The summed E-state index contributed by atoms with van der Waals surface area (Å²) < 4.78 is 10.2. The highest BCUT2D eigenvalue weighted by atomic mass is 16.6. The molecule has 2 aromatic carbocycles. The zero-order valence-electron chi connectivity index (χ0n) is 13.4. The number of carbonyl (C=O) groups is 1. The quantitative estimate of drug-likeness (QED) is 0.349. The molecule has 2 rings (SSSR count). The molecule has 24 heavy (non-hydrogen) atoms. The molecular formula is C20H20O4. The van der Waals surface area contributed by atoms with Gasteiger partial charge in [-0.2, -0.15) is 0 Å². The summed E-state index contributed by atoms with van der Waals surface area (Å²) in [6.07, 6.45) is 2.13. The molecule has 1 N–H and O–H groups in total. The van der Waals surface area contributed by atoms with Crippen molar-refractivity contribution in [1.29, 1.82) is 0 Å². The van der Waals surface area contributed by atoms with E-state index in [1.807, 2.05) is 36.4 Å². The van der Waals surface area contributed by atoms with Crippen LogP contribution in [0.25, 0.3) is 11.1 Å². The number of hydrogen-bond donors (Lipinski definition) is 1. The Balaban J connectivity index is 1.96. The third-order valence-electron chi connectivity index (χ3n) is 3.40. The Hall–Kier alpha value is -2.85. The van der Waals surface area contributed by atoms with E-state index >= 15 is 0 Å². The molecule has 0 aliphatic heterocycles. The van der Waals surface area contributed by atoms with E-state index in [-0.39, 0.29) is 0 Å². The number of aliphatic hydroxyl groups is 1. The monoisotopic (exact) mass is 324 g/mol. The molecule has 0 saturated carbocycles. The van der Waals surface area contributed by atoms with Gasteiger partial charge < -0.3 is 14.6 Å².